The van der Waals surface area contributed by atoms with Crippen LogP contribution in [0.1, 0.15) is 32.4 Å². The number of nitrogens with zero attached hydrogens (tertiary/aromatic N) is 1. The largest absolute Gasteiger partial charge is 0.355 e. The SMILES string of the molecule is CN=C(NCC(C)(C)NS(C)(=O)=O)NC(C)c1ccc2ccccc2c1. The van der Waals surface area contributed by atoms with Crippen molar-refractivity contribution in [2.45, 2.75) is 32.4 Å². The molecule has 3 N–H and O–H groups in total. The van der Waals surface area contributed by atoms with Crippen molar-refractivity contribution in [2.24, 2.45) is 4.99 Å². The van der Waals surface area contributed by atoms with Crippen molar-refractivity contribution in [1.82, 2.24) is 15.4 Å². The normalized spacial score (nSPS) is 14.3. The lowest BCUT2D eigenvalue weighted by Gasteiger charge is -2.27. The zero-order valence-electron chi connectivity index (χ0n) is 16.0. The molecule has 0 aromatic heterocycles. The van der Waals surface area contributed by atoms with Gasteiger partial charge in [-0.15, -0.1) is 0 Å². The van der Waals surface area contributed by atoms with Crippen molar-refractivity contribution in [2.75, 3.05) is 19.8 Å². The average Bonchev–Trinajstić information content (AvgIpc) is 2.55. The van der Waals surface area contributed by atoms with Crippen LogP contribution in [0, 0.1) is 0 Å². The maximum absolute atomic E-state index is 11.4. The zero-order chi connectivity index (χ0) is 19.4. The molecule has 0 aliphatic heterocycles. The average molecular weight is 377 g/mol. The minimum Gasteiger partial charge on any atom is -0.355 e. The Morgan fingerprint density at radius 1 is 1.15 bits per heavy atom. The van der Waals surface area contributed by atoms with Gasteiger partial charge < -0.3 is 10.6 Å². The molecule has 0 amide bonds. The van der Waals surface area contributed by atoms with Gasteiger partial charge in [0.15, 0.2) is 5.96 Å². The lowest BCUT2D eigenvalue weighted by Crippen LogP contribution is -2.53. The number of fused-ring (bicyclic) bond motifs is 1. The molecule has 0 radical (unpaired) electrons. The van der Waals surface area contributed by atoms with E-state index in [0.29, 0.717) is 12.5 Å². The van der Waals surface area contributed by atoms with Gasteiger partial charge in [0.2, 0.25) is 10.0 Å². The standard InChI is InChI=1S/C19H28N4O2S/c1-14(16-11-10-15-8-6-7-9-17(15)12-16)22-18(20-4)21-13-19(2,3)23-26(5,24)25/h6-12,14,23H,13H2,1-5H3,(H2,20,21,22). The first kappa shape index (κ1) is 20.2. The molecule has 7 heteroatoms. The predicted molar refractivity (Wildman–Crippen MR) is 109 cm³/mol. The zero-order valence-corrected chi connectivity index (χ0v) is 16.8. The van der Waals surface area contributed by atoms with Crippen molar-refractivity contribution >= 4 is 26.8 Å². The number of hydrogen-bond donors (Lipinski definition) is 3. The lowest BCUT2D eigenvalue weighted by atomic mass is 10.0. The molecule has 0 fully saturated rings. The molecule has 0 saturated heterocycles. The van der Waals surface area contributed by atoms with E-state index in [1.165, 1.54) is 10.8 Å². The molecule has 0 bridgehead atoms. The first-order valence-electron chi connectivity index (χ1n) is 8.54. The first-order valence-corrected chi connectivity index (χ1v) is 10.4. The van der Waals surface area contributed by atoms with E-state index < -0.39 is 15.6 Å². The highest BCUT2D eigenvalue weighted by Gasteiger charge is 2.22. The van der Waals surface area contributed by atoms with E-state index in [4.69, 9.17) is 0 Å². The van der Waals surface area contributed by atoms with Gasteiger partial charge in [-0.3, -0.25) is 4.99 Å². The number of rotatable bonds is 6. The summed E-state index contributed by atoms with van der Waals surface area (Å²) >= 11 is 0. The summed E-state index contributed by atoms with van der Waals surface area (Å²) in [5.41, 5.74) is 0.525. The van der Waals surface area contributed by atoms with E-state index in [1.54, 1.807) is 7.05 Å². The number of aliphatic imine (C=N–C) groups is 1. The second-order valence-corrected chi connectivity index (χ2v) is 8.90. The third-order valence-electron chi connectivity index (χ3n) is 4.01. The quantitative estimate of drug-likeness (QED) is 0.534. The van der Waals surface area contributed by atoms with Crippen LogP contribution >= 0.6 is 0 Å². The molecule has 26 heavy (non-hydrogen) atoms. The number of nitrogens with one attached hydrogen (secondary N) is 3. The number of guanidine groups is 1. The summed E-state index contributed by atoms with van der Waals surface area (Å²) in [6.45, 7) is 6.11. The summed E-state index contributed by atoms with van der Waals surface area (Å²) in [5.74, 6) is 0.619. The smallest absolute Gasteiger partial charge is 0.209 e. The monoisotopic (exact) mass is 376 g/mol. The summed E-state index contributed by atoms with van der Waals surface area (Å²) in [6.07, 6.45) is 1.16. The molecule has 1 atom stereocenters. The third kappa shape index (κ3) is 6.00. The Bertz CT molecular complexity index is 891. The van der Waals surface area contributed by atoms with Gasteiger partial charge in [0, 0.05) is 19.1 Å². The summed E-state index contributed by atoms with van der Waals surface area (Å²) in [7, 11) is -1.58. The van der Waals surface area contributed by atoms with Crippen LogP contribution in [-0.4, -0.2) is 39.8 Å². The van der Waals surface area contributed by atoms with Crippen molar-refractivity contribution in [1.29, 1.82) is 0 Å². The second kappa shape index (κ2) is 8.05. The van der Waals surface area contributed by atoms with Gasteiger partial charge in [-0.2, -0.15) is 0 Å². The van der Waals surface area contributed by atoms with Gasteiger partial charge in [0.25, 0.3) is 0 Å². The molecule has 0 spiro atoms. The highest BCUT2D eigenvalue weighted by molar-refractivity contribution is 7.88. The highest BCUT2D eigenvalue weighted by atomic mass is 32.2. The Morgan fingerprint density at radius 2 is 1.81 bits per heavy atom. The predicted octanol–water partition coefficient (Wildman–Crippen LogP) is 2.39. The number of sulfonamides is 1. The molecule has 0 aliphatic carbocycles. The van der Waals surface area contributed by atoms with E-state index >= 15 is 0 Å². The van der Waals surface area contributed by atoms with Crippen LogP contribution in [0.4, 0.5) is 0 Å². The van der Waals surface area contributed by atoms with Crippen molar-refractivity contribution in [3.8, 4) is 0 Å². The van der Waals surface area contributed by atoms with Crippen molar-refractivity contribution in [3.63, 3.8) is 0 Å². The third-order valence-corrected chi connectivity index (χ3v) is 4.93. The topological polar surface area (TPSA) is 82.6 Å². The summed E-state index contributed by atoms with van der Waals surface area (Å²) in [5, 5.41) is 8.93. The summed E-state index contributed by atoms with van der Waals surface area (Å²) < 4.78 is 25.5. The van der Waals surface area contributed by atoms with Gasteiger partial charge in [-0.05, 0) is 43.2 Å². The van der Waals surface area contributed by atoms with Gasteiger partial charge in [0.1, 0.15) is 0 Å². The van der Waals surface area contributed by atoms with Crippen LogP contribution in [0.25, 0.3) is 10.8 Å². The maximum atomic E-state index is 11.4. The molecule has 0 heterocycles. The van der Waals surface area contributed by atoms with Gasteiger partial charge >= 0.3 is 0 Å². The Labute approximate surface area is 156 Å². The fraction of sp³-hybridized carbons (Fsp3) is 0.421. The molecule has 2 aromatic carbocycles. The van der Waals surface area contributed by atoms with Crippen LogP contribution in [0.2, 0.25) is 0 Å². The molecule has 0 saturated carbocycles. The molecular formula is C19H28N4O2S. The van der Waals surface area contributed by atoms with E-state index in [0.717, 1.165) is 11.8 Å². The Morgan fingerprint density at radius 3 is 2.42 bits per heavy atom. The first-order chi connectivity index (χ1) is 12.1. The summed E-state index contributed by atoms with van der Waals surface area (Å²) in [4.78, 5) is 4.23. The van der Waals surface area contributed by atoms with E-state index in [-0.39, 0.29) is 6.04 Å². The molecule has 0 aliphatic rings. The molecular weight excluding hydrogens is 348 g/mol. The maximum Gasteiger partial charge on any atom is 0.209 e. The van der Waals surface area contributed by atoms with Crippen LogP contribution in [-0.2, 0) is 10.0 Å². The van der Waals surface area contributed by atoms with Gasteiger partial charge in [-0.1, -0.05) is 36.4 Å². The number of hydrogen-bond acceptors (Lipinski definition) is 3. The molecule has 2 rings (SSSR count). The molecule has 1 unspecified atom stereocenters. The fourth-order valence-corrected chi connectivity index (χ4v) is 3.88. The fourth-order valence-electron chi connectivity index (χ4n) is 2.80. The van der Waals surface area contributed by atoms with Crippen molar-refractivity contribution < 1.29 is 8.42 Å². The highest BCUT2D eigenvalue weighted by Crippen LogP contribution is 2.20. The van der Waals surface area contributed by atoms with Crippen LogP contribution in [0.15, 0.2) is 47.5 Å². The van der Waals surface area contributed by atoms with Crippen LogP contribution < -0.4 is 15.4 Å². The molecule has 142 valence electrons. The van der Waals surface area contributed by atoms with Crippen LogP contribution in [0.3, 0.4) is 0 Å². The summed E-state index contributed by atoms with van der Waals surface area (Å²) in [6, 6.07) is 14.7. The Balaban J connectivity index is 2.02. The van der Waals surface area contributed by atoms with Gasteiger partial charge in [0.05, 0.1) is 12.3 Å². The Hall–Kier alpha value is -2.12. The minimum absolute atomic E-state index is 0.0526. The van der Waals surface area contributed by atoms with Gasteiger partial charge in [-0.25, -0.2) is 13.1 Å². The van der Waals surface area contributed by atoms with Crippen LogP contribution in [0.5, 0.6) is 0 Å². The minimum atomic E-state index is -3.27. The van der Waals surface area contributed by atoms with Crippen molar-refractivity contribution in [3.05, 3.63) is 48.0 Å². The van der Waals surface area contributed by atoms with E-state index in [2.05, 4.69) is 57.6 Å². The van der Waals surface area contributed by atoms with E-state index in [1.807, 2.05) is 26.0 Å². The molecule has 2 aromatic rings. The lowest BCUT2D eigenvalue weighted by molar-refractivity contribution is 0.445. The van der Waals surface area contributed by atoms with E-state index in [9.17, 15) is 8.42 Å². The number of benzene rings is 2. The second-order valence-electron chi connectivity index (χ2n) is 7.16. The molecule has 6 nitrogen and oxygen atoms in total. The Kier molecular flexibility index (Phi) is 6.26.